The molecule has 164 valence electrons. The fourth-order valence-corrected chi connectivity index (χ4v) is 3.84. The summed E-state index contributed by atoms with van der Waals surface area (Å²) in [6, 6.07) is 10.4. The minimum Gasteiger partial charge on any atom is -0.449 e. The van der Waals surface area contributed by atoms with Gasteiger partial charge in [0, 0.05) is 0 Å². The first-order valence-electron chi connectivity index (χ1n) is 8.81. The van der Waals surface area contributed by atoms with E-state index in [1.807, 2.05) is 0 Å². The molecule has 0 saturated carbocycles. The van der Waals surface area contributed by atoms with Gasteiger partial charge in [0.15, 0.2) is 23.1 Å². The molecule has 3 aromatic rings. The van der Waals surface area contributed by atoms with E-state index in [0.717, 1.165) is 5.56 Å². The van der Waals surface area contributed by atoms with Crippen LogP contribution in [0.4, 0.5) is 27.6 Å². The molecule has 0 atom stereocenters. The highest BCUT2D eigenvalue weighted by atomic mass is 32.2. The van der Waals surface area contributed by atoms with Gasteiger partial charge in [-0.2, -0.15) is 13.2 Å². The van der Waals surface area contributed by atoms with Crippen molar-refractivity contribution in [2.24, 2.45) is 0 Å². The van der Waals surface area contributed by atoms with Crippen molar-refractivity contribution in [2.75, 3.05) is 4.72 Å². The second-order valence-electron chi connectivity index (χ2n) is 6.74. The van der Waals surface area contributed by atoms with Gasteiger partial charge in [0.2, 0.25) is 0 Å². The lowest BCUT2D eigenvalue weighted by Crippen LogP contribution is -2.14. The third kappa shape index (κ3) is 4.96. The van der Waals surface area contributed by atoms with Crippen molar-refractivity contribution >= 4 is 15.7 Å². The highest BCUT2D eigenvalue weighted by Gasteiger charge is 2.33. The van der Waals surface area contributed by atoms with Crippen LogP contribution in [-0.2, 0) is 16.2 Å². The standard InChI is InChI=1S/C21H16F5NO3S/c1-12-6-8-15(9-7-12)31(28,29)27-19-13(2)4-3-5-18(19)30-20-16(22)10-14(11-17(20)23)21(24,25)26/h3-11,27H,1-2H3. The van der Waals surface area contributed by atoms with Crippen LogP contribution in [0.3, 0.4) is 0 Å². The second kappa shape index (κ2) is 8.18. The van der Waals surface area contributed by atoms with Gasteiger partial charge in [0.25, 0.3) is 10.0 Å². The Balaban J connectivity index is 2.00. The van der Waals surface area contributed by atoms with Gasteiger partial charge in [0.05, 0.1) is 16.1 Å². The van der Waals surface area contributed by atoms with Crippen molar-refractivity contribution in [1.82, 2.24) is 0 Å². The van der Waals surface area contributed by atoms with Crippen LogP contribution in [0.1, 0.15) is 16.7 Å². The molecule has 0 aliphatic heterocycles. The Morgan fingerprint density at radius 3 is 2.03 bits per heavy atom. The maximum atomic E-state index is 14.2. The van der Waals surface area contributed by atoms with Gasteiger partial charge < -0.3 is 4.74 Å². The predicted molar refractivity (Wildman–Crippen MR) is 105 cm³/mol. The average Bonchev–Trinajstić information content (AvgIpc) is 2.66. The number of aryl methyl sites for hydroxylation is 2. The van der Waals surface area contributed by atoms with Gasteiger partial charge in [-0.15, -0.1) is 0 Å². The van der Waals surface area contributed by atoms with Crippen LogP contribution in [0.15, 0.2) is 59.5 Å². The van der Waals surface area contributed by atoms with Crippen LogP contribution in [-0.4, -0.2) is 8.42 Å². The Morgan fingerprint density at radius 1 is 0.903 bits per heavy atom. The summed E-state index contributed by atoms with van der Waals surface area (Å²) in [4.78, 5) is -0.0563. The van der Waals surface area contributed by atoms with Crippen LogP contribution >= 0.6 is 0 Å². The monoisotopic (exact) mass is 457 g/mol. The van der Waals surface area contributed by atoms with Gasteiger partial charge in [-0.3, -0.25) is 4.72 Å². The average molecular weight is 457 g/mol. The predicted octanol–water partition coefficient (Wildman–Crippen LogP) is 6.19. The van der Waals surface area contributed by atoms with Crippen molar-refractivity contribution in [2.45, 2.75) is 24.9 Å². The molecule has 0 aromatic heterocycles. The SMILES string of the molecule is Cc1ccc(S(=O)(=O)Nc2c(C)cccc2Oc2c(F)cc(C(F)(F)F)cc2F)cc1. The smallest absolute Gasteiger partial charge is 0.416 e. The number of hydrogen-bond donors (Lipinski definition) is 1. The van der Waals surface area contributed by atoms with E-state index in [1.54, 1.807) is 19.1 Å². The number of ether oxygens (including phenoxy) is 1. The third-order valence-corrected chi connectivity index (χ3v) is 5.71. The molecule has 0 radical (unpaired) electrons. The largest absolute Gasteiger partial charge is 0.449 e. The molecule has 3 rings (SSSR count). The van der Waals surface area contributed by atoms with E-state index in [2.05, 4.69) is 4.72 Å². The summed E-state index contributed by atoms with van der Waals surface area (Å²) >= 11 is 0. The lowest BCUT2D eigenvalue weighted by atomic mass is 10.1. The van der Waals surface area contributed by atoms with E-state index in [9.17, 15) is 30.4 Å². The zero-order chi connectivity index (χ0) is 23.0. The summed E-state index contributed by atoms with van der Waals surface area (Å²) in [5, 5.41) is 0. The molecule has 0 amide bonds. The van der Waals surface area contributed by atoms with E-state index in [-0.39, 0.29) is 28.5 Å². The van der Waals surface area contributed by atoms with E-state index in [4.69, 9.17) is 4.74 Å². The molecule has 0 bridgehead atoms. The van der Waals surface area contributed by atoms with E-state index in [1.165, 1.54) is 37.3 Å². The number of nitrogens with one attached hydrogen (secondary N) is 1. The summed E-state index contributed by atoms with van der Waals surface area (Å²) in [5.74, 6) is -4.54. The lowest BCUT2D eigenvalue weighted by molar-refractivity contribution is -0.138. The van der Waals surface area contributed by atoms with Crippen LogP contribution in [0.2, 0.25) is 0 Å². The molecule has 0 unspecified atom stereocenters. The molecular weight excluding hydrogens is 441 g/mol. The van der Waals surface area contributed by atoms with Crippen molar-refractivity contribution in [3.8, 4) is 11.5 Å². The number of anilines is 1. The maximum Gasteiger partial charge on any atom is 0.416 e. The van der Waals surface area contributed by atoms with E-state index in [0.29, 0.717) is 5.56 Å². The number of rotatable bonds is 5. The molecule has 1 N–H and O–H groups in total. The lowest BCUT2D eigenvalue weighted by Gasteiger charge is -2.17. The fourth-order valence-electron chi connectivity index (χ4n) is 2.70. The molecule has 0 saturated heterocycles. The first-order valence-corrected chi connectivity index (χ1v) is 10.3. The van der Waals surface area contributed by atoms with Gasteiger partial charge in [-0.25, -0.2) is 17.2 Å². The number of para-hydroxylation sites is 1. The van der Waals surface area contributed by atoms with Crippen molar-refractivity contribution in [3.63, 3.8) is 0 Å². The number of hydrogen-bond acceptors (Lipinski definition) is 3. The van der Waals surface area contributed by atoms with E-state index >= 15 is 0 Å². The minimum absolute atomic E-state index is 0.0563. The fraction of sp³-hybridized carbons (Fsp3) is 0.143. The molecule has 0 aliphatic carbocycles. The summed E-state index contributed by atoms with van der Waals surface area (Å²) < 4.78 is 99.5. The molecular formula is C21H16F5NO3S. The minimum atomic E-state index is -4.95. The van der Waals surface area contributed by atoms with Crippen molar-refractivity contribution in [3.05, 3.63) is 82.9 Å². The molecule has 0 spiro atoms. The number of halogens is 5. The maximum absolute atomic E-state index is 14.2. The highest BCUT2D eigenvalue weighted by Crippen LogP contribution is 2.38. The van der Waals surface area contributed by atoms with Crippen LogP contribution in [0, 0.1) is 25.5 Å². The van der Waals surface area contributed by atoms with Crippen molar-refractivity contribution < 1.29 is 35.1 Å². The van der Waals surface area contributed by atoms with Gasteiger partial charge >= 0.3 is 6.18 Å². The quantitative estimate of drug-likeness (QED) is 0.465. The van der Waals surface area contributed by atoms with Gasteiger partial charge in [-0.1, -0.05) is 29.8 Å². The highest BCUT2D eigenvalue weighted by molar-refractivity contribution is 7.92. The Bertz CT molecular complexity index is 1200. The van der Waals surface area contributed by atoms with Crippen LogP contribution in [0.25, 0.3) is 0 Å². The Morgan fingerprint density at radius 2 is 1.48 bits per heavy atom. The Hall–Kier alpha value is -3.14. The molecule has 4 nitrogen and oxygen atoms in total. The number of sulfonamides is 1. The molecule has 0 heterocycles. The first-order chi connectivity index (χ1) is 14.4. The summed E-state index contributed by atoms with van der Waals surface area (Å²) in [6.07, 6.45) is -4.95. The molecule has 10 heteroatoms. The number of benzene rings is 3. The van der Waals surface area contributed by atoms with Gasteiger partial charge in [0.1, 0.15) is 0 Å². The first kappa shape index (κ1) is 22.5. The molecule has 3 aromatic carbocycles. The summed E-state index contributed by atoms with van der Waals surface area (Å²) in [5.41, 5.74) is -0.422. The third-order valence-electron chi connectivity index (χ3n) is 4.34. The van der Waals surface area contributed by atoms with Gasteiger partial charge in [-0.05, 0) is 49.7 Å². The molecule has 0 aliphatic rings. The molecule has 0 fully saturated rings. The summed E-state index contributed by atoms with van der Waals surface area (Å²) in [7, 11) is -4.08. The van der Waals surface area contributed by atoms with Crippen molar-refractivity contribution in [1.29, 1.82) is 0 Å². The second-order valence-corrected chi connectivity index (χ2v) is 8.42. The Kier molecular flexibility index (Phi) is 5.95. The van der Waals surface area contributed by atoms with Crippen LogP contribution in [0.5, 0.6) is 11.5 Å². The van der Waals surface area contributed by atoms with E-state index < -0.39 is 39.1 Å². The number of alkyl halides is 3. The molecule has 31 heavy (non-hydrogen) atoms. The summed E-state index contributed by atoms with van der Waals surface area (Å²) in [6.45, 7) is 3.31. The normalized spacial score (nSPS) is 12.0. The zero-order valence-electron chi connectivity index (χ0n) is 16.2. The zero-order valence-corrected chi connectivity index (χ0v) is 17.0. The topological polar surface area (TPSA) is 55.4 Å². The Labute approximate surface area is 175 Å². The van der Waals surface area contributed by atoms with Crippen LogP contribution < -0.4 is 9.46 Å².